The van der Waals surface area contributed by atoms with Crippen LogP contribution in [0.25, 0.3) is 10.9 Å². The minimum Gasteiger partial charge on any atom is -0.339 e. The maximum atomic E-state index is 13.3. The normalized spacial score (nSPS) is 15.5. The van der Waals surface area contributed by atoms with Gasteiger partial charge < -0.3 is 14.4 Å². The number of rotatable bonds is 6. The van der Waals surface area contributed by atoms with Gasteiger partial charge in [-0.15, -0.1) is 0 Å². The van der Waals surface area contributed by atoms with Gasteiger partial charge in [0.15, 0.2) is 9.84 Å². The fourth-order valence-corrected chi connectivity index (χ4v) is 5.89. The van der Waals surface area contributed by atoms with Crippen LogP contribution in [0.3, 0.4) is 0 Å². The Morgan fingerprint density at radius 3 is 2.35 bits per heavy atom. The molecule has 164 valence electrons. The van der Waals surface area contributed by atoms with Gasteiger partial charge in [0, 0.05) is 43.3 Å². The minimum absolute atomic E-state index is 0.0272. The van der Waals surface area contributed by atoms with E-state index >= 15 is 0 Å². The number of amides is 1. The second-order valence-corrected chi connectivity index (χ2v) is 10.1. The first-order chi connectivity index (χ1) is 14.9. The van der Waals surface area contributed by atoms with E-state index in [0.717, 1.165) is 36.3 Å². The maximum Gasteiger partial charge on any atom is 0.242 e. The lowest BCUT2D eigenvalue weighted by molar-refractivity contribution is -0.133. The summed E-state index contributed by atoms with van der Waals surface area (Å²) >= 11 is 0. The van der Waals surface area contributed by atoms with Crippen LogP contribution >= 0.6 is 0 Å². The molecule has 2 aromatic carbocycles. The van der Waals surface area contributed by atoms with E-state index in [9.17, 15) is 13.2 Å². The Labute approximate surface area is 184 Å². The van der Waals surface area contributed by atoms with Crippen molar-refractivity contribution in [3.63, 3.8) is 0 Å². The number of carbonyl (C=O) groups is 1. The summed E-state index contributed by atoms with van der Waals surface area (Å²) in [5.41, 5.74) is 2.52. The lowest BCUT2D eigenvalue weighted by Gasteiger charge is -2.34. The molecule has 1 amide bonds. The number of hydrogen-bond acceptors (Lipinski definition) is 4. The van der Waals surface area contributed by atoms with Gasteiger partial charge in [-0.25, -0.2) is 8.42 Å². The number of piperazine rings is 1. The number of aryl methyl sites for hydroxylation is 1. The Morgan fingerprint density at radius 1 is 0.968 bits per heavy atom. The fraction of sp³-hybridized carbons (Fsp3) is 0.375. The molecule has 1 fully saturated rings. The summed E-state index contributed by atoms with van der Waals surface area (Å²) in [5, 5.41) is 0.666. The highest BCUT2D eigenvalue weighted by atomic mass is 32.2. The summed E-state index contributed by atoms with van der Waals surface area (Å²) in [6.45, 7) is 8.37. The van der Waals surface area contributed by atoms with Crippen LogP contribution in [0.5, 0.6) is 0 Å². The molecule has 0 spiro atoms. The van der Waals surface area contributed by atoms with E-state index in [-0.39, 0.29) is 23.1 Å². The Kier molecular flexibility index (Phi) is 6.16. The van der Waals surface area contributed by atoms with E-state index in [0.29, 0.717) is 18.5 Å². The second kappa shape index (κ2) is 8.85. The number of carbonyl (C=O) groups excluding carboxylic acids is 1. The van der Waals surface area contributed by atoms with Crippen molar-refractivity contribution in [3.8, 4) is 0 Å². The van der Waals surface area contributed by atoms with E-state index in [2.05, 4.69) is 11.8 Å². The highest BCUT2D eigenvalue weighted by molar-refractivity contribution is 7.90. The minimum atomic E-state index is -3.57. The van der Waals surface area contributed by atoms with Crippen LogP contribution in [0.15, 0.2) is 59.6 Å². The average molecular weight is 440 g/mol. The van der Waals surface area contributed by atoms with Gasteiger partial charge in [-0.3, -0.25) is 4.79 Å². The molecule has 0 radical (unpaired) electrons. The number of benzene rings is 2. The van der Waals surface area contributed by atoms with E-state index < -0.39 is 9.84 Å². The summed E-state index contributed by atoms with van der Waals surface area (Å²) in [5.74, 6) is -0.0278. The predicted octanol–water partition coefficient (Wildman–Crippen LogP) is 3.09. The van der Waals surface area contributed by atoms with Crippen molar-refractivity contribution in [1.29, 1.82) is 0 Å². The van der Waals surface area contributed by atoms with Gasteiger partial charge in [-0.05, 0) is 30.7 Å². The van der Waals surface area contributed by atoms with Crippen molar-refractivity contribution in [1.82, 2.24) is 14.4 Å². The molecule has 31 heavy (non-hydrogen) atoms. The molecular weight excluding hydrogens is 410 g/mol. The van der Waals surface area contributed by atoms with Crippen LogP contribution in [0.1, 0.15) is 18.1 Å². The Morgan fingerprint density at radius 2 is 1.65 bits per heavy atom. The quantitative estimate of drug-likeness (QED) is 0.592. The lowest BCUT2D eigenvalue weighted by atomic mass is 10.1. The molecule has 3 aromatic rings. The van der Waals surface area contributed by atoms with Crippen LogP contribution in [0.2, 0.25) is 0 Å². The Hall–Kier alpha value is -2.64. The van der Waals surface area contributed by atoms with Crippen molar-refractivity contribution in [3.05, 3.63) is 65.9 Å². The third kappa shape index (κ3) is 4.52. The van der Waals surface area contributed by atoms with E-state index in [1.54, 1.807) is 10.8 Å². The highest BCUT2D eigenvalue weighted by Crippen LogP contribution is 2.28. The van der Waals surface area contributed by atoms with Crippen LogP contribution in [-0.2, 0) is 26.9 Å². The Balaban J connectivity index is 1.62. The molecule has 0 aliphatic carbocycles. The fourth-order valence-electron chi connectivity index (χ4n) is 4.21. The molecule has 1 saturated heterocycles. The summed E-state index contributed by atoms with van der Waals surface area (Å²) in [4.78, 5) is 17.4. The number of nitrogens with zero attached hydrogens (tertiary/aromatic N) is 3. The molecule has 1 aliphatic rings. The van der Waals surface area contributed by atoms with Crippen molar-refractivity contribution in [2.24, 2.45) is 0 Å². The number of hydrogen-bond donors (Lipinski definition) is 0. The molecule has 0 atom stereocenters. The van der Waals surface area contributed by atoms with Crippen LogP contribution < -0.4 is 0 Å². The molecule has 1 aromatic heterocycles. The zero-order valence-corrected chi connectivity index (χ0v) is 18.9. The van der Waals surface area contributed by atoms with Gasteiger partial charge in [0.1, 0.15) is 6.54 Å². The van der Waals surface area contributed by atoms with E-state index in [4.69, 9.17) is 0 Å². The van der Waals surface area contributed by atoms with E-state index in [1.165, 1.54) is 0 Å². The third-order valence-corrected chi connectivity index (χ3v) is 7.86. The first kappa shape index (κ1) is 21.6. The van der Waals surface area contributed by atoms with Crippen molar-refractivity contribution in [2.75, 3.05) is 32.7 Å². The molecule has 0 unspecified atom stereocenters. The lowest BCUT2D eigenvalue weighted by Crippen LogP contribution is -2.49. The van der Waals surface area contributed by atoms with Crippen molar-refractivity contribution < 1.29 is 13.2 Å². The molecule has 2 heterocycles. The van der Waals surface area contributed by atoms with Crippen LogP contribution in [0, 0.1) is 6.92 Å². The smallest absolute Gasteiger partial charge is 0.242 e. The second-order valence-electron chi connectivity index (χ2n) is 8.14. The zero-order valence-electron chi connectivity index (χ0n) is 18.1. The summed E-state index contributed by atoms with van der Waals surface area (Å²) < 4.78 is 28.4. The van der Waals surface area contributed by atoms with E-state index in [1.807, 2.05) is 60.4 Å². The third-order valence-electron chi connectivity index (χ3n) is 6.17. The molecule has 0 N–H and O–H groups in total. The molecule has 4 rings (SSSR count). The number of aromatic nitrogens is 1. The van der Waals surface area contributed by atoms with Crippen LogP contribution in [-0.4, -0.2) is 61.4 Å². The number of fused-ring (bicyclic) bond motifs is 1. The standard InChI is InChI=1S/C24H29N3O3S/c1-3-25-12-14-26(15-13-25)24(28)17-27-16-23(21-10-6-7-11-22(21)27)31(29,30)18-20-9-5-4-8-19(20)2/h4-11,16H,3,12-15,17-18H2,1-2H3. The van der Waals surface area contributed by atoms with Crippen molar-refractivity contribution >= 4 is 26.6 Å². The number of para-hydroxylation sites is 1. The molecule has 1 aliphatic heterocycles. The zero-order chi connectivity index (χ0) is 22.0. The highest BCUT2D eigenvalue weighted by Gasteiger charge is 2.25. The Bertz CT molecular complexity index is 1190. The molecule has 0 saturated carbocycles. The first-order valence-corrected chi connectivity index (χ1v) is 12.4. The predicted molar refractivity (Wildman–Crippen MR) is 123 cm³/mol. The molecule has 7 heteroatoms. The summed E-state index contributed by atoms with van der Waals surface area (Å²) in [6, 6.07) is 15.0. The van der Waals surface area contributed by atoms with Gasteiger partial charge in [0.05, 0.1) is 10.6 Å². The average Bonchev–Trinajstić information content (AvgIpc) is 3.15. The maximum absolute atomic E-state index is 13.3. The van der Waals surface area contributed by atoms with Gasteiger partial charge in [0.2, 0.25) is 5.91 Å². The summed E-state index contributed by atoms with van der Waals surface area (Å²) in [6.07, 6.45) is 1.64. The largest absolute Gasteiger partial charge is 0.339 e. The topological polar surface area (TPSA) is 62.6 Å². The first-order valence-electron chi connectivity index (χ1n) is 10.7. The van der Waals surface area contributed by atoms with Gasteiger partial charge >= 0.3 is 0 Å². The van der Waals surface area contributed by atoms with Crippen LogP contribution in [0.4, 0.5) is 0 Å². The van der Waals surface area contributed by atoms with Gasteiger partial charge in [0.25, 0.3) is 0 Å². The van der Waals surface area contributed by atoms with Gasteiger partial charge in [-0.2, -0.15) is 0 Å². The number of sulfone groups is 1. The molecular formula is C24H29N3O3S. The molecule has 0 bridgehead atoms. The van der Waals surface area contributed by atoms with Gasteiger partial charge in [-0.1, -0.05) is 49.4 Å². The number of likely N-dealkylation sites (N-methyl/N-ethyl adjacent to an activating group) is 1. The van der Waals surface area contributed by atoms with Crippen molar-refractivity contribution in [2.45, 2.75) is 31.0 Å². The molecule has 6 nitrogen and oxygen atoms in total. The summed E-state index contributed by atoms with van der Waals surface area (Å²) in [7, 11) is -3.57. The SMILES string of the molecule is CCN1CCN(C(=O)Cn2cc(S(=O)(=O)Cc3ccccc3C)c3ccccc32)CC1. The monoisotopic (exact) mass is 439 g/mol.